The molecule has 0 bridgehead atoms. The molecule has 2 fully saturated rings. The topological polar surface area (TPSA) is 99.1 Å². The Morgan fingerprint density at radius 2 is 1.81 bits per heavy atom. The lowest BCUT2D eigenvalue weighted by atomic mass is 9.68. The molecule has 7 nitrogen and oxygen atoms in total. The third-order valence-electron chi connectivity index (χ3n) is 8.66. The van der Waals surface area contributed by atoms with Gasteiger partial charge in [0.25, 0.3) is 0 Å². The van der Waals surface area contributed by atoms with Crippen LogP contribution in [0.25, 0.3) is 0 Å². The van der Waals surface area contributed by atoms with Gasteiger partial charge in [0, 0.05) is 39.3 Å². The predicted molar refractivity (Wildman–Crippen MR) is 145 cm³/mol. The van der Waals surface area contributed by atoms with Crippen molar-refractivity contribution in [1.82, 2.24) is 10.2 Å². The summed E-state index contributed by atoms with van der Waals surface area (Å²) in [5.41, 5.74) is -0.0457. The van der Waals surface area contributed by atoms with Crippen molar-refractivity contribution in [3.05, 3.63) is 35.9 Å². The Morgan fingerprint density at radius 3 is 2.49 bits per heavy atom. The van der Waals surface area contributed by atoms with Crippen molar-refractivity contribution in [2.45, 2.75) is 95.1 Å². The van der Waals surface area contributed by atoms with Crippen LogP contribution in [0.5, 0.6) is 0 Å². The summed E-state index contributed by atoms with van der Waals surface area (Å²) < 4.78 is 5.21. The highest BCUT2D eigenvalue weighted by Gasteiger charge is 2.42. The van der Waals surface area contributed by atoms with Crippen LogP contribution in [0.4, 0.5) is 4.79 Å². The normalized spacial score (nSPS) is 23.1. The molecule has 37 heavy (non-hydrogen) atoms. The Morgan fingerprint density at radius 1 is 1.08 bits per heavy atom. The van der Waals surface area contributed by atoms with Gasteiger partial charge in [0.2, 0.25) is 5.91 Å². The molecule has 0 saturated heterocycles. The molecule has 0 aromatic heterocycles. The Balaban J connectivity index is 1.69. The number of rotatable bonds is 13. The summed E-state index contributed by atoms with van der Waals surface area (Å²) in [5, 5.41) is 24.7. The number of amides is 2. The molecule has 1 aromatic rings. The number of ether oxygens (including phenoxy) is 1. The average Bonchev–Trinajstić information content (AvgIpc) is 2.92. The summed E-state index contributed by atoms with van der Waals surface area (Å²) in [4.78, 5) is 26.3. The molecule has 4 atom stereocenters. The summed E-state index contributed by atoms with van der Waals surface area (Å²) in [6.45, 7) is 0.981. The minimum Gasteiger partial charge on any atom is -0.465 e. The van der Waals surface area contributed by atoms with E-state index >= 15 is 0 Å². The number of likely N-dealkylation sites (N-methyl/N-ethyl adjacent to an activating group) is 1. The van der Waals surface area contributed by atoms with E-state index in [9.17, 15) is 19.8 Å². The van der Waals surface area contributed by atoms with Crippen molar-refractivity contribution < 1.29 is 24.5 Å². The van der Waals surface area contributed by atoms with Crippen molar-refractivity contribution in [3.8, 4) is 0 Å². The summed E-state index contributed by atoms with van der Waals surface area (Å²) in [7, 11) is 3.27. The molecule has 3 N–H and O–H groups in total. The summed E-state index contributed by atoms with van der Waals surface area (Å²) in [6, 6.07) is 9.73. The molecular weight excluding hydrogens is 468 g/mol. The van der Waals surface area contributed by atoms with Crippen LogP contribution in [0.2, 0.25) is 0 Å². The van der Waals surface area contributed by atoms with E-state index in [2.05, 4.69) is 5.32 Å². The van der Waals surface area contributed by atoms with Crippen LogP contribution in [-0.2, 0) is 15.1 Å². The second kappa shape index (κ2) is 14.7. The molecule has 3 unspecified atom stereocenters. The van der Waals surface area contributed by atoms with E-state index in [1.54, 1.807) is 14.2 Å². The zero-order valence-electron chi connectivity index (χ0n) is 22.9. The predicted octanol–water partition coefficient (Wildman–Crippen LogP) is 5.56. The van der Waals surface area contributed by atoms with Crippen molar-refractivity contribution >= 4 is 12.0 Å². The van der Waals surface area contributed by atoms with E-state index in [4.69, 9.17) is 4.74 Å². The SMILES string of the molecule is COCCCC[C@@](O)(c1ccccc1)C1CCCC(C(=O)NC(CC2CCCCC2)CN(C)C(=O)O)C1. The Kier molecular flexibility index (Phi) is 11.7. The number of methoxy groups -OCH3 is 1. The summed E-state index contributed by atoms with van der Waals surface area (Å²) >= 11 is 0. The quantitative estimate of drug-likeness (QED) is 0.298. The molecule has 208 valence electrons. The van der Waals surface area contributed by atoms with Gasteiger partial charge >= 0.3 is 6.09 Å². The van der Waals surface area contributed by atoms with Crippen molar-refractivity contribution in [3.63, 3.8) is 0 Å². The van der Waals surface area contributed by atoms with Gasteiger partial charge in [0.05, 0.1) is 5.60 Å². The number of carbonyl (C=O) groups excluding carboxylic acids is 1. The largest absolute Gasteiger partial charge is 0.465 e. The van der Waals surface area contributed by atoms with Crippen LogP contribution in [0.3, 0.4) is 0 Å². The van der Waals surface area contributed by atoms with Crippen molar-refractivity contribution in [1.29, 1.82) is 0 Å². The smallest absolute Gasteiger partial charge is 0.407 e. The maximum absolute atomic E-state index is 13.5. The van der Waals surface area contributed by atoms with Crippen LogP contribution in [0.15, 0.2) is 30.3 Å². The van der Waals surface area contributed by atoms with Crippen LogP contribution < -0.4 is 5.32 Å². The average molecular weight is 517 g/mol. The Hall–Kier alpha value is -2.12. The van der Waals surface area contributed by atoms with E-state index in [-0.39, 0.29) is 23.8 Å². The number of hydrogen-bond acceptors (Lipinski definition) is 4. The Labute approximate surface area is 223 Å². The molecule has 2 aliphatic carbocycles. The van der Waals surface area contributed by atoms with Crippen LogP contribution in [-0.4, -0.2) is 60.5 Å². The number of nitrogens with one attached hydrogen (secondary N) is 1. The molecule has 7 heteroatoms. The second-order valence-corrected chi connectivity index (χ2v) is 11.4. The minimum absolute atomic E-state index is 0.000401. The first-order valence-electron chi connectivity index (χ1n) is 14.3. The van der Waals surface area contributed by atoms with E-state index in [0.29, 0.717) is 31.9 Å². The van der Waals surface area contributed by atoms with Gasteiger partial charge in [0.1, 0.15) is 0 Å². The number of nitrogens with zero attached hydrogens (tertiary/aromatic N) is 1. The number of aliphatic hydroxyl groups is 1. The molecule has 0 heterocycles. The van der Waals surface area contributed by atoms with Gasteiger partial charge in [-0.3, -0.25) is 4.79 Å². The lowest BCUT2D eigenvalue weighted by Gasteiger charge is -2.41. The maximum Gasteiger partial charge on any atom is 0.407 e. The first kappa shape index (κ1) is 29.4. The van der Waals surface area contributed by atoms with Gasteiger partial charge < -0.3 is 25.2 Å². The molecule has 2 saturated carbocycles. The molecule has 0 radical (unpaired) electrons. The standard InChI is InChI=1S/C30H48N2O5/c1-32(29(34)35)22-27(20-23-12-5-3-6-13-23)31-28(33)24-14-11-17-26(21-24)30(36,18-9-10-19-37-2)25-15-7-4-8-16-25/h4,7-8,15-16,23-24,26-27,36H,3,5-6,9-14,17-22H2,1-2H3,(H,31,33)(H,34,35)/t24?,26?,27?,30-/m1/s1. The summed E-state index contributed by atoms with van der Waals surface area (Å²) in [5.74, 6) is 0.382. The fourth-order valence-corrected chi connectivity index (χ4v) is 6.55. The van der Waals surface area contributed by atoms with Gasteiger partial charge in [-0.05, 0) is 62.3 Å². The van der Waals surface area contributed by atoms with Crippen LogP contribution >= 0.6 is 0 Å². The van der Waals surface area contributed by atoms with E-state index in [0.717, 1.165) is 56.9 Å². The zero-order valence-corrected chi connectivity index (χ0v) is 22.9. The molecule has 3 rings (SSSR count). The first-order chi connectivity index (χ1) is 17.8. The number of unbranched alkanes of at least 4 members (excludes halogenated alkanes) is 1. The monoisotopic (exact) mass is 516 g/mol. The fourth-order valence-electron chi connectivity index (χ4n) is 6.55. The molecule has 0 spiro atoms. The van der Waals surface area contributed by atoms with Crippen molar-refractivity contribution in [2.75, 3.05) is 27.3 Å². The van der Waals surface area contributed by atoms with E-state index < -0.39 is 11.7 Å². The molecule has 0 aliphatic heterocycles. The highest BCUT2D eigenvalue weighted by Crippen LogP contribution is 2.44. The Bertz CT molecular complexity index is 829. The maximum atomic E-state index is 13.5. The lowest BCUT2D eigenvalue weighted by Crippen LogP contribution is -2.48. The molecule has 1 aromatic carbocycles. The van der Waals surface area contributed by atoms with Gasteiger partial charge in [-0.1, -0.05) is 68.9 Å². The minimum atomic E-state index is -0.973. The van der Waals surface area contributed by atoms with Gasteiger partial charge in [-0.25, -0.2) is 4.79 Å². The molecular formula is C30H48N2O5. The highest BCUT2D eigenvalue weighted by atomic mass is 16.5. The van der Waals surface area contributed by atoms with Crippen molar-refractivity contribution in [2.24, 2.45) is 17.8 Å². The fraction of sp³-hybridized carbons (Fsp3) is 0.733. The summed E-state index contributed by atoms with van der Waals surface area (Å²) in [6.07, 6.45) is 11.5. The number of carboxylic acid groups (broad SMARTS) is 1. The number of benzene rings is 1. The van der Waals surface area contributed by atoms with E-state index in [1.165, 1.54) is 24.2 Å². The number of hydrogen-bond donors (Lipinski definition) is 3. The van der Waals surface area contributed by atoms with Crippen LogP contribution in [0.1, 0.15) is 89.0 Å². The van der Waals surface area contributed by atoms with Gasteiger partial charge in [-0.2, -0.15) is 0 Å². The second-order valence-electron chi connectivity index (χ2n) is 11.4. The van der Waals surface area contributed by atoms with Gasteiger partial charge in [-0.15, -0.1) is 0 Å². The lowest BCUT2D eigenvalue weighted by molar-refractivity contribution is -0.129. The third-order valence-corrected chi connectivity index (χ3v) is 8.66. The first-order valence-corrected chi connectivity index (χ1v) is 14.3. The molecule has 2 aliphatic rings. The third kappa shape index (κ3) is 8.71. The zero-order chi connectivity index (χ0) is 26.7. The van der Waals surface area contributed by atoms with E-state index in [1.807, 2.05) is 30.3 Å². The number of carbonyl (C=O) groups is 2. The molecule has 2 amide bonds. The van der Waals surface area contributed by atoms with Crippen LogP contribution in [0, 0.1) is 17.8 Å². The van der Waals surface area contributed by atoms with Gasteiger partial charge in [0.15, 0.2) is 0 Å². The highest BCUT2D eigenvalue weighted by molar-refractivity contribution is 5.79.